The lowest BCUT2D eigenvalue weighted by atomic mass is 9.92. The smallest absolute Gasteiger partial charge is 0.264 e. The molecule has 5 nitrogen and oxygen atoms in total. The highest BCUT2D eigenvalue weighted by Gasteiger charge is 2.33. The van der Waals surface area contributed by atoms with Crippen molar-refractivity contribution in [2.24, 2.45) is 0 Å². The number of hydrogen-bond acceptors (Lipinski definition) is 3. The number of aryl methyl sites for hydroxylation is 2. The number of hydrogen-bond donors (Lipinski definition) is 0. The molecule has 0 bridgehead atoms. The number of rotatable bonds is 6. The van der Waals surface area contributed by atoms with Gasteiger partial charge in [0.05, 0.1) is 16.3 Å². The van der Waals surface area contributed by atoms with Crippen LogP contribution in [0.3, 0.4) is 0 Å². The molecular formula is C22H26N2O3S. The molecule has 0 saturated heterocycles. The maximum Gasteiger partial charge on any atom is 0.264 e. The fourth-order valence-corrected chi connectivity index (χ4v) is 5.79. The number of amides is 1. The number of sulfonamides is 1. The van der Waals surface area contributed by atoms with Crippen molar-refractivity contribution < 1.29 is 13.2 Å². The molecule has 6 heteroatoms. The summed E-state index contributed by atoms with van der Waals surface area (Å²) in [5.41, 5.74) is 3.62. The first-order valence-corrected chi connectivity index (χ1v) is 11.5. The number of carbonyl (C=O) groups is 1. The standard InChI is InChI=1S/C22H26N2O3S/c1-2-3-14-24(19-9-5-4-6-10-19)28(26,27)20-15-17-8-7-13-23-21(25)12-11-18(16-20)22(17)23/h4-6,9-10,15-16H,2-3,7-8,11-14H2,1H3. The van der Waals surface area contributed by atoms with E-state index in [1.165, 1.54) is 4.31 Å². The summed E-state index contributed by atoms with van der Waals surface area (Å²) in [5, 5.41) is 0. The van der Waals surface area contributed by atoms with Crippen molar-refractivity contribution in [3.05, 3.63) is 53.6 Å². The minimum absolute atomic E-state index is 0.151. The predicted molar refractivity (Wildman–Crippen MR) is 111 cm³/mol. The van der Waals surface area contributed by atoms with E-state index in [0.29, 0.717) is 30.0 Å². The highest BCUT2D eigenvalue weighted by molar-refractivity contribution is 7.92. The van der Waals surface area contributed by atoms with Gasteiger partial charge in [-0.25, -0.2) is 8.42 Å². The van der Waals surface area contributed by atoms with E-state index in [1.807, 2.05) is 35.2 Å². The maximum atomic E-state index is 13.6. The van der Waals surface area contributed by atoms with Crippen LogP contribution < -0.4 is 9.21 Å². The van der Waals surface area contributed by atoms with E-state index in [9.17, 15) is 13.2 Å². The molecule has 0 unspecified atom stereocenters. The molecule has 0 aliphatic carbocycles. The Balaban J connectivity index is 1.79. The SMILES string of the molecule is CCCCN(c1ccccc1)S(=O)(=O)c1cc2c3c(c1)CCC(=O)N3CCC2. The molecule has 0 radical (unpaired) electrons. The van der Waals surface area contributed by atoms with E-state index in [4.69, 9.17) is 0 Å². The normalized spacial score (nSPS) is 16.0. The molecule has 2 aromatic carbocycles. The third kappa shape index (κ3) is 3.30. The van der Waals surface area contributed by atoms with Crippen LogP contribution in [0.1, 0.15) is 43.7 Å². The summed E-state index contributed by atoms with van der Waals surface area (Å²) in [4.78, 5) is 14.5. The summed E-state index contributed by atoms with van der Waals surface area (Å²) in [6.07, 6.45) is 4.48. The third-order valence-electron chi connectivity index (χ3n) is 5.60. The lowest BCUT2D eigenvalue weighted by molar-refractivity contribution is -0.119. The molecule has 0 spiro atoms. The molecule has 0 fully saturated rings. The van der Waals surface area contributed by atoms with Crippen molar-refractivity contribution in [2.45, 2.75) is 50.3 Å². The summed E-state index contributed by atoms with van der Waals surface area (Å²) < 4.78 is 28.7. The van der Waals surface area contributed by atoms with E-state index >= 15 is 0 Å². The average molecular weight is 399 g/mol. The Labute approximate surface area is 167 Å². The molecule has 2 aliphatic heterocycles. The van der Waals surface area contributed by atoms with Crippen molar-refractivity contribution >= 4 is 27.3 Å². The van der Waals surface area contributed by atoms with Crippen molar-refractivity contribution in [3.8, 4) is 0 Å². The second-order valence-electron chi connectivity index (χ2n) is 7.51. The third-order valence-corrected chi connectivity index (χ3v) is 7.40. The van der Waals surface area contributed by atoms with Crippen molar-refractivity contribution in [3.63, 3.8) is 0 Å². The molecule has 148 valence electrons. The Hall–Kier alpha value is -2.34. The van der Waals surface area contributed by atoms with E-state index in [2.05, 4.69) is 6.92 Å². The van der Waals surface area contributed by atoms with Gasteiger partial charge in [0.1, 0.15) is 0 Å². The molecule has 0 saturated carbocycles. The van der Waals surface area contributed by atoms with Gasteiger partial charge in [0, 0.05) is 19.5 Å². The number of benzene rings is 2. The maximum absolute atomic E-state index is 13.6. The number of nitrogens with zero attached hydrogens (tertiary/aromatic N) is 2. The van der Waals surface area contributed by atoms with Crippen LogP contribution in [0.25, 0.3) is 0 Å². The zero-order valence-electron chi connectivity index (χ0n) is 16.2. The van der Waals surface area contributed by atoms with Crippen LogP contribution in [0.2, 0.25) is 0 Å². The van der Waals surface area contributed by atoms with Crippen LogP contribution in [0.4, 0.5) is 11.4 Å². The lowest BCUT2D eigenvalue weighted by Crippen LogP contribution is -2.39. The van der Waals surface area contributed by atoms with Crippen molar-refractivity contribution in [1.29, 1.82) is 0 Å². The molecule has 0 aromatic heterocycles. The Morgan fingerprint density at radius 1 is 1.04 bits per heavy atom. The molecular weight excluding hydrogens is 372 g/mol. The van der Waals surface area contributed by atoms with E-state index in [-0.39, 0.29) is 5.91 Å². The van der Waals surface area contributed by atoms with Gasteiger partial charge < -0.3 is 4.90 Å². The van der Waals surface area contributed by atoms with Crippen molar-refractivity contribution in [1.82, 2.24) is 0 Å². The zero-order chi connectivity index (χ0) is 19.7. The van der Waals surface area contributed by atoms with Gasteiger partial charge in [0.25, 0.3) is 10.0 Å². The molecule has 2 heterocycles. The predicted octanol–water partition coefficient (Wildman–Crippen LogP) is 3.91. The molecule has 4 rings (SSSR count). The van der Waals surface area contributed by atoms with E-state index in [1.54, 1.807) is 12.1 Å². The topological polar surface area (TPSA) is 57.7 Å². The van der Waals surface area contributed by atoms with Gasteiger partial charge in [-0.2, -0.15) is 0 Å². The van der Waals surface area contributed by atoms with Crippen LogP contribution in [0, 0.1) is 0 Å². The summed E-state index contributed by atoms with van der Waals surface area (Å²) in [7, 11) is -3.67. The molecule has 0 atom stereocenters. The number of unbranched alkanes of at least 4 members (excludes halogenated alkanes) is 1. The number of carbonyl (C=O) groups excluding carboxylic acids is 1. The summed E-state index contributed by atoms with van der Waals surface area (Å²) in [5.74, 6) is 0.151. The first-order valence-electron chi connectivity index (χ1n) is 10.1. The van der Waals surface area contributed by atoms with Crippen LogP contribution in [-0.4, -0.2) is 27.4 Å². The molecule has 2 aromatic rings. The first kappa shape index (κ1) is 19.0. The minimum Gasteiger partial charge on any atom is -0.312 e. The summed E-state index contributed by atoms with van der Waals surface area (Å²) in [6, 6.07) is 12.9. The fourth-order valence-electron chi connectivity index (χ4n) is 4.18. The highest BCUT2D eigenvalue weighted by atomic mass is 32.2. The first-order chi connectivity index (χ1) is 13.5. The van der Waals surface area contributed by atoms with Crippen LogP contribution >= 0.6 is 0 Å². The van der Waals surface area contributed by atoms with E-state index < -0.39 is 10.0 Å². The van der Waals surface area contributed by atoms with Crippen molar-refractivity contribution in [2.75, 3.05) is 22.3 Å². The monoisotopic (exact) mass is 398 g/mol. The van der Waals surface area contributed by atoms with E-state index in [0.717, 1.165) is 49.0 Å². The quantitative estimate of drug-likeness (QED) is 0.741. The van der Waals surface area contributed by atoms with Crippen LogP contribution in [-0.2, 0) is 27.7 Å². The second-order valence-corrected chi connectivity index (χ2v) is 9.37. The Morgan fingerprint density at radius 3 is 2.46 bits per heavy atom. The highest BCUT2D eigenvalue weighted by Crippen LogP contribution is 2.38. The van der Waals surface area contributed by atoms with Gasteiger partial charge >= 0.3 is 0 Å². The minimum atomic E-state index is -3.67. The Morgan fingerprint density at radius 2 is 1.75 bits per heavy atom. The molecule has 2 aliphatic rings. The molecule has 1 amide bonds. The Bertz CT molecular complexity index is 969. The summed E-state index contributed by atoms with van der Waals surface area (Å²) in [6.45, 7) is 3.25. The zero-order valence-corrected chi connectivity index (χ0v) is 17.0. The van der Waals surface area contributed by atoms with Crippen LogP contribution in [0.15, 0.2) is 47.4 Å². The average Bonchev–Trinajstić information content (AvgIpc) is 2.71. The lowest BCUT2D eigenvalue weighted by Gasteiger charge is -2.36. The summed E-state index contributed by atoms with van der Waals surface area (Å²) >= 11 is 0. The second kappa shape index (κ2) is 7.59. The molecule has 28 heavy (non-hydrogen) atoms. The Kier molecular flexibility index (Phi) is 5.15. The van der Waals surface area contributed by atoms with Gasteiger partial charge in [-0.1, -0.05) is 31.5 Å². The fraction of sp³-hybridized carbons (Fsp3) is 0.409. The number of para-hydroxylation sites is 1. The van der Waals surface area contributed by atoms with Gasteiger partial charge in [0.2, 0.25) is 5.91 Å². The van der Waals surface area contributed by atoms with Gasteiger partial charge in [-0.05, 0) is 61.1 Å². The molecule has 0 N–H and O–H groups in total. The van der Waals surface area contributed by atoms with Crippen LogP contribution in [0.5, 0.6) is 0 Å². The number of anilines is 2. The van der Waals surface area contributed by atoms with Gasteiger partial charge in [-0.3, -0.25) is 9.10 Å². The van der Waals surface area contributed by atoms with Gasteiger partial charge in [0.15, 0.2) is 0 Å². The van der Waals surface area contributed by atoms with Gasteiger partial charge in [-0.15, -0.1) is 0 Å². The largest absolute Gasteiger partial charge is 0.312 e.